The number of carbonyl (C=O) groups is 1. The molecule has 170 valence electrons. The maximum Gasteiger partial charge on any atom is 0.259 e. The highest BCUT2D eigenvalue weighted by molar-refractivity contribution is 7.80. The maximum absolute atomic E-state index is 12.8. The Labute approximate surface area is 194 Å². The standard InChI is InChI=1S/C23H27N3O4S2/c1-3-18-15-31-23(24-18)20(14-16-8-11-19(12-9-16)26-32(28)29)25-22(27)13-10-17-6-4-5-7-21(17)30-2/h4-9,11-12,15,20,26H,3,10,13-14H2,1-2H3,(H,25,27)(H,28,29)/t20-/m0/s1. The number of nitrogens with zero attached hydrogens (tertiary/aromatic N) is 1. The van der Waals surface area contributed by atoms with Crippen molar-refractivity contribution < 1.29 is 18.3 Å². The second-order valence-corrected chi connectivity index (χ2v) is 8.81. The van der Waals surface area contributed by atoms with E-state index in [1.54, 1.807) is 30.6 Å². The lowest BCUT2D eigenvalue weighted by atomic mass is 10.0. The normalized spacial score (nSPS) is 12.7. The van der Waals surface area contributed by atoms with Crippen LogP contribution >= 0.6 is 11.3 Å². The fraction of sp³-hybridized carbons (Fsp3) is 0.304. The Hall–Kier alpha value is -2.75. The minimum Gasteiger partial charge on any atom is -0.496 e. The van der Waals surface area contributed by atoms with E-state index in [-0.39, 0.29) is 11.9 Å². The molecule has 3 N–H and O–H groups in total. The number of ether oxygens (including phenoxy) is 1. The van der Waals surface area contributed by atoms with E-state index in [1.165, 1.54) is 0 Å². The molecule has 0 aliphatic heterocycles. The average molecular weight is 474 g/mol. The molecule has 3 aromatic rings. The molecule has 0 aliphatic carbocycles. The zero-order chi connectivity index (χ0) is 22.9. The van der Waals surface area contributed by atoms with Crippen LogP contribution in [0.15, 0.2) is 53.9 Å². The molecule has 3 rings (SSSR count). The van der Waals surface area contributed by atoms with Crippen LogP contribution in [0.25, 0.3) is 0 Å². The summed E-state index contributed by atoms with van der Waals surface area (Å²) in [7, 11) is 1.63. The number of hydrogen-bond acceptors (Lipinski definition) is 5. The molecule has 0 saturated carbocycles. The fourth-order valence-corrected chi connectivity index (χ4v) is 4.61. The molecule has 0 aliphatic rings. The van der Waals surface area contributed by atoms with Crippen LogP contribution in [0.4, 0.5) is 5.69 Å². The third-order valence-corrected chi connectivity index (χ3v) is 6.40. The molecule has 1 heterocycles. The zero-order valence-electron chi connectivity index (χ0n) is 18.0. The van der Waals surface area contributed by atoms with Crippen molar-refractivity contribution in [2.75, 3.05) is 11.8 Å². The first kappa shape index (κ1) is 23.9. The van der Waals surface area contributed by atoms with Gasteiger partial charge in [-0.3, -0.25) is 14.1 Å². The van der Waals surface area contributed by atoms with Gasteiger partial charge >= 0.3 is 0 Å². The third kappa shape index (κ3) is 6.88. The smallest absolute Gasteiger partial charge is 0.259 e. The predicted molar refractivity (Wildman–Crippen MR) is 128 cm³/mol. The number of rotatable bonds is 11. The topological polar surface area (TPSA) is 101 Å². The van der Waals surface area contributed by atoms with E-state index in [0.717, 1.165) is 34.0 Å². The number of aryl methyl sites for hydroxylation is 2. The van der Waals surface area contributed by atoms with E-state index in [1.807, 2.05) is 41.8 Å². The minimum atomic E-state index is -2.11. The summed E-state index contributed by atoms with van der Waals surface area (Å²) >= 11 is -0.571. The summed E-state index contributed by atoms with van der Waals surface area (Å²) < 4.78 is 27.7. The molecule has 0 saturated heterocycles. The number of anilines is 1. The van der Waals surface area contributed by atoms with E-state index in [2.05, 4.69) is 21.9 Å². The molecule has 9 heteroatoms. The van der Waals surface area contributed by atoms with Crippen LogP contribution in [-0.4, -0.2) is 26.8 Å². The van der Waals surface area contributed by atoms with Gasteiger partial charge in [0.2, 0.25) is 5.91 Å². The van der Waals surface area contributed by atoms with Gasteiger partial charge in [-0.05, 0) is 48.6 Å². The van der Waals surface area contributed by atoms with Gasteiger partial charge in [-0.15, -0.1) is 11.3 Å². The van der Waals surface area contributed by atoms with Crippen molar-refractivity contribution in [1.82, 2.24) is 10.3 Å². The summed E-state index contributed by atoms with van der Waals surface area (Å²) in [6.07, 6.45) is 2.33. The van der Waals surface area contributed by atoms with Gasteiger partial charge in [0.25, 0.3) is 11.3 Å². The van der Waals surface area contributed by atoms with Gasteiger partial charge in [0.1, 0.15) is 10.8 Å². The van der Waals surface area contributed by atoms with Crippen molar-refractivity contribution in [3.05, 3.63) is 75.7 Å². The Morgan fingerprint density at radius 1 is 1.22 bits per heavy atom. The molecule has 0 spiro atoms. The number of benzene rings is 2. The van der Waals surface area contributed by atoms with Gasteiger partial charge in [-0.25, -0.2) is 9.19 Å². The van der Waals surface area contributed by atoms with Crippen LogP contribution in [0.2, 0.25) is 0 Å². The molecule has 1 amide bonds. The Bertz CT molecular complexity index is 1050. The summed E-state index contributed by atoms with van der Waals surface area (Å²) in [5, 5.41) is 6.03. The van der Waals surface area contributed by atoms with Gasteiger partial charge in [0, 0.05) is 17.5 Å². The van der Waals surface area contributed by atoms with E-state index >= 15 is 0 Å². The average Bonchev–Trinajstić information content (AvgIpc) is 3.28. The van der Waals surface area contributed by atoms with E-state index in [4.69, 9.17) is 9.29 Å². The van der Waals surface area contributed by atoms with Gasteiger partial charge in [0.05, 0.1) is 18.8 Å². The largest absolute Gasteiger partial charge is 0.496 e. The lowest BCUT2D eigenvalue weighted by Gasteiger charge is -2.17. The van der Waals surface area contributed by atoms with Crippen molar-refractivity contribution in [2.45, 2.75) is 38.6 Å². The Morgan fingerprint density at radius 3 is 2.62 bits per heavy atom. The molecule has 1 aromatic heterocycles. The zero-order valence-corrected chi connectivity index (χ0v) is 19.7. The molecule has 0 bridgehead atoms. The summed E-state index contributed by atoms with van der Waals surface area (Å²) in [4.78, 5) is 17.5. The van der Waals surface area contributed by atoms with E-state index < -0.39 is 11.3 Å². The number of thiazole rings is 1. The molecular formula is C23H27N3O4S2. The molecule has 1 unspecified atom stereocenters. The van der Waals surface area contributed by atoms with Crippen LogP contribution in [0.3, 0.4) is 0 Å². The van der Waals surface area contributed by atoms with Crippen LogP contribution in [0, 0.1) is 0 Å². The second-order valence-electron chi connectivity index (χ2n) is 7.21. The van der Waals surface area contributed by atoms with Gasteiger partial charge < -0.3 is 10.1 Å². The fourth-order valence-electron chi connectivity index (χ4n) is 3.31. The molecule has 2 atom stereocenters. The summed E-state index contributed by atoms with van der Waals surface area (Å²) in [6, 6.07) is 14.7. The lowest BCUT2D eigenvalue weighted by Crippen LogP contribution is -2.30. The number of hydrogen-bond donors (Lipinski definition) is 3. The molecule has 7 nitrogen and oxygen atoms in total. The first-order valence-electron chi connectivity index (χ1n) is 10.3. The summed E-state index contributed by atoms with van der Waals surface area (Å²) in [5.41, 5.74) is 3.54. The molecule has 2 aromatic carbocycles. The lowest BCUT2D eigenvalue weighted by molar-refractivity contribution is -0.121. The molecule has 0 radical (unpaired) electrons. The van der Waals surface area contributed by atoms with Crippen LogP contribution in [-0.2, 0) is 35.3 Å². The maximum atomic E-state index is 12.8. The van der Waals surface area contributed by atoms with E-state index in [9.17, 15) is 9.00 Å². The predicted octanol–water partition coefficient (Wildman–Crippen LogP) is 4.30. The van der Waals surface area contributed by atoms with Gasteiger partial charge in [-0.2, -0.15) is 0 Å². The van der Waals surface area contributed by atoms with Crippen molar-refractivity contribution in [3.8, 4) is 5.75 Å². The van der Waals surface area contributed by atoms with Crippen LogP contribution in [0.5, 0.6) is 5.75 Å². The van der Waals surface area contributed by atoms with Crippen molar-refractivity contribution in [1.29, 1.82) is 0 Å². The van der Waals surface area contributed by atoms with Gasteiger partial charge in [0.15, 0.2) is 0 Å². The second kappa shape index (κ2) is 11.8. The quantitative estimate of drug-likeness (QED) is 0.361. The minimum absolute atomic E-state index is 0.0527. The van der Waals surface area contributed by atoms with Crippen molar-refractivity contribution in [3.63, 3.8) is 0 Å². The monoisotopic (exact) mass is 473 g/mol. The van der Waals surface area contributed by atoms with Crippen molar-refractivity contribution in [2.24, 2.45) is 0 Å². The summed E-state index contributed by atoms with van der Waals surface area (Å²) in [6.45, 7) is 2.05. The number of carbonyl (C=O) groups excluding carboxylic acids is 1. The molecule has 0 fully saturated rings. The highest BCUT2D eigenvalue weighted by Crippen LogP contribution is 2.24. The Balaban J connectivity index is 1.70. The first-order valence-corrected chi connectivity index (χ1v) is 12.3. The highest BCUT2D eigenvalue weighted by Gasteiger charge is 2.19. The Morgan fingerprint density at radius 2 is 1.97 bits per heavy atom. The SMILES string of the molecule is CCc1csc([C@H](Cc2ccc(NS(=O)O)cc2)NC(=O)CCc2ccccc2OC)n1. The summed E-state index contributed by atoms with van der Waals surface area (Å²) in [5.74, 6) is 0.727. The third-order valence-electron chi connectivity index (χ3n) is 4.98. The van der Waals surface area contributed by atoms with Gasteiger partial charge in [-0.1, -0.05) is 37.3 Å². The number of nitrogens with one attached hydrogen (secondary N) is 2. The number of amides is 1. The molecule has 32 heavy (non-hydrogen) atoms. The number of methoxy groups -OCH3 is 1. The number of aromatic nitrogens is 1. The molecular weight excluding hydrogens is 446 g/mol. The van der Waals surface area contributed by atoms with Crippen LogP contribution < -0.4 is 14.8 Å². The van der Waals surface area contributed by atoms with E-state index in [0.29, 0.717) is 24.9 Å². The Kier molecular flexibility index (Phi) is 8.78. The first-order chi connectivity index (χ1) is 15.5. The highest BCUT2D eigenvalue weighted by atomic mass is 32.2. The van der Waals surface area contributed by atoms with Crippen molar-refractivity contribution >= 4 is 34.2 Å². The number of para-hydroxylation sites is 1. The van der Waals surface area contributed by atoms with Crippen LogP contribution in [0.1, 0.15) is 41.2 Å².